The van der Waals surface area contributed by atoms with Gasteiger partial charge in [0.15, 0.2) is 0 Å². The molecule has 0 radical (unpaired) electrons. The average Bonchev–Trinajstić information content (AvgIpc) is 3.48. The van der Waals surface area contributed by atoms with Crippen LogP contribution in [0.15, 0.2) is 60.7 Å². The molecular weight excluding hydrogens is 454 g/mol. The maximum atomic E-state index is 11.5. The van der Waals surface area contributed by atoms with E-state index in [0.717, 1.165) is 10.8 Å². The van der Waals surface area contributed by atoms with Crippen molar-refractivity contribution in [2.45, 2.75) is 37.4 Å². The molecule has 2 atom stereocenters. The summed E-state index contributed by atoms with van der Waals surface area (Å²) in [7, 11) is 0. The molecule has 2 N–H and O–H groups in total. The van der Waals surface area contributed by atoms with Crippen molar-refractivity contribution in [3.8, 4) is 35.3 Å². The van der Waals surface area contributed by atoms with Crippen molar-refractivity contribution in [1.29, 1.82) is 10.5 Å². The fourth-order valence-corrected chi connectivity index (χ4v) is 5.90. The predicted octanol–water partition coefficient (Wildman–Crippen LogP) is 5.49. The molecule has 2 bridgehead atoms. The lowest BCUT2D eigenvalue weighted by Gasteiger charge is -2.26. The summed E-state index contributed by atoms with van der Waals surface area (Å²) in [5, 5.41) is 43.1. The third kappa shape index (κ3) is 3.00. The molecule has 3 heterocycles. The third-order valence-electron chi connectivity index (χ3n) is 7.53. The van der Waals surface area contributed by atoms with Crippen LogP contribution < -0.4 is 4.74 Å². The first kappa shape index (κ1) is 22.0. The molecule has 0 unspecified atom stereocenters. The minimum Gasteiger partial charge on any atom is -0.494 e. The minimum atomic E-state index is -0.799. The van der Waals surface area contributed by atoms with Gasteiger partial charge in [0.25, 0.3) is 0 Å². The molecule has 7 heteroatoms. The number of nitriles is 2. The van der Waals surface area contributed by atoms with Gasteiger partial charge in [0.05, 0.1) is 52.3 Å². The van der Waals surface area contributed by atoms with Crippen LogP contribution in [0.25, 0.3) is 16.5 Å². The molecule has 0 aliphatic carbocycles. The summed E-state index contributed by atoms with van der Waals surface area (Å²) in [5.41, 5.74) is 1.31. The summed E-state index contributed by atoms with van der Waals surface area (Å²) in [4.78, 5) is 0. The molecule has 2 aliphatic heterocycles. The fraction of sp³-hybridized carbons (Fsp3) is 0.241. The highest BCUT2D eigenvalue weighted by Gasteiger charge is 2.61. The van der Waals surface area contributed by atoms with Crippen molar-refractivity contribution in [3.05, 3.63) is 82.9 Å². The molecule has 4 aromatic rings. The molecule has 36 heavy (non-hydrogen) atoms. The van der Waals surface area contributed by atoms with E-state index >= 15 is 0 Å². The van der Waals surface area contributed by atoms with Crippen molar-refractivity contribution in [1.82, 2.24) is 4.57 Å². The van der Waals surface area contributed by atoms with Gasteiger partial charge in [-0.15, -0.1) is 0 Å². The Hall–Kier alpha value is -4.46. The molecule has 2 aliphatic rings. The smallest absolute Gasteiger partial charge is 0.205 e. The van der Waals surface area contributed by atoms with Crippen molar-refractivity contribution in [2.75, 3.05) is 6.61 Å². The molecule has 1 saturated heterocycles. The lowest BCUT2D eigenvalue weighted by molar-refractivity contribution is -0.0876. The SMILES string of the molecule is C[C@]12CC[C@](CCOc3cccc(C#N)c3)(O1)c1c2c(O)n(-c2ccc(C#N)c3ccccc23)c1O. The van der Waals surface area contributed by atoms with Gasteiger partial charge in [0.2, 0.25) is 11.8 Å². The highest BCUT2D eigenvalue weighted by molar-refractivity contribution is 5.95. The van der Waals surface area contributed by atoms with Gasteiger partial charge >= 0.3 is 0 Å². The molecule has 1 aromatic heterocycles. The van der Waals surface area contributed by atoms with Crippen LogP contribution in [0.3, 0.4) is 0 Å². The Balaban J connectivity index is 1.42. The second-order valence-corrected chi connectivity index (χ2v) is 9.59. The van der Waals surface area contributed by atoms with E-state index in [2.05, 4.69) is 12.1 Å². The van der Waals surface area contributed by atoms with E-state index in [0.29, 0.717) is 59.6 Å². The molecule has 3 aromatic carbocycles. The van der Waals surface area contributed by atoms with E-state index in [1.807, 2.05) is 31.2 Å². The van der Waals surface area contributed by atoms with E-state index in [4.69, 9.17) is 14.7 Å². The van der Waals surface area contributed by atoms with Gasteiger partial charge in [-0.05, 0) is 50.1 Å². The Labute approximate surface area is 208 Å². The second-order valence-electron chi connectivity index (χ2n) is 9.59. The van der Waals surface area contributed by atoms with E-state index in [-0.39, 0.29) is 11.8 Å². The summed E-state index contributed by atoms with van der Waals surface area (Å²) in [6, 6.07) is 22.2. The Bertz CT molecular complexity index is 1630. The Kier molecular flexibility index (Phi) is 4.76. The summed E-state index contributed by atoms with van der Waals surface area (Å²) >= 11 is 0. The number of benzene rings is 3. The lowest BCUT2D eigenvalue weighted by Crippen LogP contribution is -2.25. The van der Waals surface area contributed by atoms with E-state index < -0.39 is 11.2 Å². The molecule has 7 nitrogen and oxygen atoms in total. The van der Waals surface area contributed by atoms with Crippen LogP contribution in [0, 0.1) is 22.7 Å². The lowest BCUT2D eigenvalue weighted by atomic mass is 9.78. The predicted molar refractivity (Wildman–Crippen MR) is 132 cm³/mol. The Morgan fingerprint density at radius 2 is 1.72 bits per heavy atom. The minimum absolute atomic E-state index is 0.0518. The maximum Gasteiger partial charge on any atom is 0.205 e. The van der Waals surface area contributed by atoms with Gasteiger partial charge < -0.3 is 19.7 Å². The summed E-state index contributed by atoms with van der Waals surface area (Å²) in [6.45, 7) is 2.26. The first-order valence-corrected chi connectivity index (χ1v) is 11.8. The van der Waals surface area contributed by atoms with Crippen molar-refractivity contribution >= 4 is 10.8 Å². The van der Waals surface area contributed by atoms with Crippen molar-refractivity contribution in [2.24, 2.45) is 0 Å². The number of aromatic nitrogens is 1. The first-order chi connectivity index (χ1) is 17.4. The van der Waals surface area contributed by atoms with Crippen molar-refractivity contribution < 1.29 is 19.7 Å². The zero-order valence-electron chi connectivity index (χ0n) is 19.7. The van der Waals surface area contributed by atoms with E-state index in [9.17, 15) is 15.5 Å². The number of nitrogens with zero attached hydrogens (tertiary/aromatic N) is 3. The van der Waals surface area contributed by atoms with Crippen LogP contribution in [0.1, 0.15) is 48.4 Å². The van der Waals surface area contributed by atoms with Crippen LogP contribution in [0.5, 0.6) is 17.5 Å². The molecule has 6 rings (SSSR count). The van der Waals surface area contributed by atoms with Crippen molar-refractivity contribution in [3.63, 3.8) is 0 Å². The number of fused-ring (bicyclic) bond motifs is 6. The topological polar surface area (TPSA) is 111 Å². The summed E-state index contributed by atoms with van der Waals surface area (Å²) < 4.78 is 13.9. The molecule has 178 valence electrons. The zero-order chi connectivity index (χ0) is 25.1. The molecule has 0 spiro atoms. The van der Waals surface area contributed by atoms with Gasteiger partial charge in [-0.3, -0.25) is 4.57 Å². The monoisotopic (exact) mass is 477 g/mol. The van der Waals surface area contributed by atoms with Crippen LogP contribution in [-0.2, 0) is 15.9 Å². The van der Waals surface area contributed by atoms with Gasteiger partial charge in [-0.25, -0.2) is 0 Å². The molecule has 0 amide bonds. The van der Waals surface area contributed by atoms with E-state index in [1.165, 1.54) is 4.57 Å². The van der Waals surface area contributed by atoms with Gasteiger partial charge in [-0.2, -0.15) is 10.5 Å². The van der Waals surface area contributed by atoms with E-state index in [1.54, 1.807) is 36.4 Å². The average molecular weight is 478 g/mol. The fourth-order valence-electron chi connectivity index (χ4n) is 5.90. The van der Waals surface area contributed by atoms with Gasteiger partial charge in [-0.1, -0.05) is 30.3 Å². The largest absolute Gasteiger partial charge is 0.494 e. The van der Waals surface area contributed by atoms with Crippen LogP contribution >= 0.6 is 0 Å². The Morgan fingerprint density at radius 1 is 0.944 bits per heavy atom. The van der Waals surface area contributed by atoms with Gasteiger partial charge in [0, 0.05) is 17.2 Å². The molecular formula is C29H23N3O4. The normalized spacial score (nSPS) is 21.8. The molecule has 0 saturated carbocycles. The van der Waals surface area contributed by atoms with Gasteiger partial charge in [0.1, 0.15) is 11.4 Å². The summed E-state index contributed by atoms with van der Waals surface area (Å²) in [6.07, 6.45) is 1.86. The highest BCUT2D eigenvalue weighted by Crippen LogP contribution is 2.65. The first-order valence-electron chi connectivity index (χ1n) is 11.8. The molecule has 1 fully saturated rings. The zero-order valence-corrected chi connectivity index (χ0v) is 19.7. The number of aromatic hydroxyl groups is 2. The second kappa shape index (κ2) is 7.78. The Morgan fingerprint density at radius 3 is 2.50 bits per heavy atom. The number of hydrogen-bond acceptors (Lipinski definition) is 6. The quantitative estimate of drug-likeness (QED) is 0.393. The number of rotatable bonds is 5. The maximum absolute atomic E-state index is 11.5. The third-order valence-corrected chi connectivity index (χ3v) is 7.53. The number of ether oxygens (including phenoxy) is 2. The van der Waals surface area contributed by atoms with Crippen LogP contribution in [0.4, 0.5) is 0 Å². The highest BCUT2D eigenvalue weighted by atomic mass is 16.5. The summed E-state index contributed by atoms with van der Waals surface area (Å²) in [5.74, 6) is 0.481. The standard InChI is InChI=1S/C29H23N3O4/c1-28-11-12-29(36-28,13-14-35-20-6-4-5-18(15-20)16-30)25-24(28)26(33)32(27(25)34)23-10-9-19(17-31)21-7-2-3-8-22(21)23/h2-10,15,33-34H,11-14H2,1H3/t28-,29-/m1/s1. The van der Waals surface area contributed by atoms with Crippen LogP contribution in [0.2, 0.25) is 0 Å². The number of hydrogen-bond donors (Lipinski definition) is 2. The van der Waals surface area contributed by atoms with Crippen LogP contribution in [-0.4, -0.2) is 21.4 Å².